The highest BCUT2D eigenvalue weighted by Crippen LogP contribution is 2.25. The Morgan fingerprint density at radius 2 is 2.16 bits per heavy atom. The molecule has 0 radical (unpaired) electrons. The van der Waals surface area contributed by atoms with E-state index in [9.17, 15) is 9.90 Å². The van der Waals surface area contributed by atoms with Crippen LogP contribution in [0.2, 0.25) is 10.0 Å². The van der Waals surface area contributed by atoms with Crippen molar-refractivity contribution in [1.82, 2.24) is 4.90 Å². The smallest absolute Gasteiger partial charge is 0.246 e. The summed E-state index contributed by atoms with van der Waals surface area (Å²) in [5, 5.41) is 10.9. The van der Waals surface area contributed by atoms with Crippen LogP contribution in [0.3, 0.4) is 0 Å². The SMILES string of the molecule is CCC1(O)CN(C(=O)C=Cc2ccc(Cl)cc2Cl)C1. The summed E-state index contributed by atoms with van der Waals surface area (Å²) in [6.45, 7) is 2.69. The molecule has 1 aliphatic rings. The van der Waals surface area contributed by atoms with Gasteiger partial charge in [-0.3, -0.25) is 4.79 Å². The van der Waals surface area contributed by atoms with Crippen molar-refractivity contribution in [2.75, 3.05) is 13.1 Å². The van der Waals surface area contributed by atoms with E-state index in [1.54, 1.807) is 29.2 Å². The molecule has 1 amide bonds. The van der Waals surface area contributed by atoms with Gasteiger partial charge in [0.05, 0.1) is 18.7 Å². The average Bonchev–Trinajstić information content (AvgIpc) is 2.33. The standard InChI is InChI=1S/C14H15Cl2NO2/c1-2-14(19)8-17(9-14)13(18)6-4-10-3-5-11(15)7-12(10)16/h3-7,19H,2,8-9H2,1H3. The summed E-state index contributed by atoms with van der Waals surface area (Å²) in [5.74, 6) is -0.121. The summed E-state index contributed by atoms with van der Waals surface area (Å²) in [5.41, 5.74) is 0.0345. The van der Waals surface area contributed by atoms with Crippen LogP contribution in [-0.2, 0) is 4.79 Å². The molecule has 0 spiro atoms. The lowest BCUT2D eigenvalue weighted by Gasteiger charge is -2.45. The number of β-amino-alcohol motifs (C(OH)–C–C–N with tert-alkyl or cyclic N) is 1. The van der Waals surface area contributed by atoms with Gasteiger partial charge in [0.2, 0.25) is 5.91 Å². The van der Waals surface area contributed by atoms with Crippen LogP contribution in [0.5, 0.6) is 0 Å². The van der Waals surface area contributed by atoms with Gasteiger partial charge in [-0.1, -0.05) is 36.2 Å². The topological polar surface area (TPSA) is 40.5 Å². The van der Waals surface area contributed by atoms with Gasteiger partial charge in [0.15, 0.2) is 0 Å². The molecule has 1 aliphatic heterocycles. The maximum atomic E-state index is 11.8. The fourth-order valence-electron chi connectivity index (χ4n) is 1.95. The normalized spacial score (nSPS) is 17.6. The number of carbonyl (C=O) groups is 1. The van der Waals surface area contributed by atoms with Crippen LogP contribution in [0, 0.1) is 0 Å². The lowest BCUT2D eigenvalue weighted by Crippen LogP contribution is -2.62. The first-order valence-electron chi connectivity index (χ1n) is 6.08. The highest BCUT2D eigenvalue weighted by Gasteiger charge is 2.41. The summed E-state index contributed by atoms with van der Waals surface area (Å²) in [6.07, 6.45) is 3.78. The summed E-state index contributed by atoms with van der Waals surface area (Å²) < 4.78 is 0. The predicted molar refractivity (Wildman–Crippen MR) is 77.3 cm³/mol. The average molecular weight is 300 g/mol. The third-order valence-corrected chi connectivity index (χ3v) is 3.87. The van der Waals surface area contributed by atoms with E-state index in [1.807, 2.05) is 6.92 Å². The van der Waals surface area contributed by atoms with Crippen LogP contribution in [-0.4, -0.2) is 34.6 Å². The number of hydrogen-bond acceptors (Lipinski definition) is 2. The molecule has 5 heteroatoms. The lowest BCUT2D eigenvalue weighted by atomic mass is 9.91. The predicted octanol–water partition coefficient (Wildman–Crippen LogP) is 2.99. The van der Waals surface area contributed by atoms with Crippen LogP contribution < -0.4 is 0 Å². The molecule has 0 bridgehead atoms. The Bertz CT molecular complexity index is 522. The second-order valence-electron chi connectivity index (χ2n) is 4.77. The summed E-state index contributed by atoms with van der Waals surface area (Å²) in [4.78, 5) is 13.4. The number of hydrogen-bond donors (Lipinski definition) is 1. The Kier molecular flexibility index (Phi) is 4.19. The number of halogens is 2. The Labute approximate surface area is 122 Å². The maximum absolute atomic E-state index is 11.8. The molecule has 1 N–H and O–H groups in total. The summed E-state index contributed by atoms with van der Waals surface area (Å²) in [7, 11) is 0. The van der Waals surface area contributed by atoms with Gasteiger partial charge in [0.25, 0.3) is 0 Å². The second-order valence-corrected chi connectivity index (χ2v) is 5.61. The van der Waals surface area contributed by atoms with Gasteiger partial charge in [-0.05, 0) is 30.2 Å². The van der Waals surface area contributed by atoms with E-state index in [4.69, 9.17) is 23.2 Å². The number of nitrogens with zero attached hydrogens (tertiary/aromatic N) is 1. The molecule has 0 atom stereocenters. The number of likely N-dealkylation sites (tertiary alicyclic amines) is 1. The first-order chi connectivity index (χ1) is 8.93. The van der Waals surface area contributed by atoms with E-state index in [0.29, 0.717) is 29.6 Å². The van der Waals surface area contributed by atoms with Crippen LogP contribution >= 0.6 is 23.2 Å². The second kappa shape index (κ2) is 5.53. The van der Waals surface area contributed by atoms with E-state index in [2.05, 4.69) is 0 Å². The van der Waals surface area contributed by atoms with Crippen molar-refractivity contribution < 1.29 is 9.90 Å². The molecular weight excluding hydrogens is 285 g/mol. The van der Waals surface area contributed by atoms with E-state index >= 15 is 0 Å². The molecule has 1 fully saturated rings. The first-order valence-corrected chi connectivity index (χ1v) is 6.83. The molecule has 2 rings (SSSR count). The van der Waals surface area contributed by atoms with Crippen LogP contribution in [0.1, 0.15) is 18.9 Å². The zero-order chi connectivity index (χ0) is 14.0. The molecule has 3 nitrogen and oxygen atoms in total. The highest BCUT2D eigenvalue weighted by molar-refractivity contribution is 6.35. The Hall–Kier alpha value is -1.03. The quantitative estimate of drug-likeness (QED) is 0.872. The van der Waals surface area contributed by atoms with Crippen molar-refractivity contribution in [3.05, 3.63) is 39.9 Å². The molecule has 1 heterocycles. The molecule has 1 saturated heterocycles. The number of benzene rings is 1. The molecule has 0 aliphatic carbocycles. The van der Waals surface area contributed by atoms with E-state index in [0.717, 1.165) is 5.56 Å². The molecule has 19 heavy (non-hydrogen) atoms. The van der Waals surface area contributed by atoms with Gasteiger partial charge in [0.1, 0.15) is 0 Å². The van der Waals surface area contributed by atoms with Crippen LogP contribution in [0.4, 0.5) is 0 Å². The van der Waals surface area contributed by atoms with Crippen molar-refractivity contribution in [3.63, 3.8) is 0 Å². The zero-order valence-electron chi connectivity index (χ0n) is 10.6. The molecule has 1 aromatic rings. The monoisotopic (exact) mass is 299 g/mol. The highest BCUT2D eigenvalue weighted by atomic mass is 35.5. The van der Waals surface area contributed by atoms with Crippen molar-refractivity contribution >= 4 is 35.2 Å². The summed E-state index contributed by atoms with van der Waals surface area (Å²) in [6, 6.07) is 5.11. The van der Waals surface area contributed by atoms with Crippen molar-refractivity contribution in [2.24, 2.45) is 0 Å². The first kappa shape index (κ1) is 14.4. The minimum Gasteiger partial charge on any atom is -0.386 e. The molecule has 1 aromatic carbocycles. The largest absolute Gasteiger partial charge is 0.386 e. The van der Waals surface area contributed by atoms with Gasteiger partial charge in [-0.25, -0.2) is 0 Å². The van der Waals surface area contributed by atoms with Gasteiger partial charge in [0, 0.05) is 16.1 Å². The third-order valence-electron chi connectivity index (χ3n) is 3.31. The van der Waals surface area contributed by atoms with E-state index in [-0.39, 0.29) is 5.91 Å². The Morgan fingerprint density at radius 1 is 1.47 bits per heavy atom. The van der Waals surface area contributed by atoms with E-state index in [1.165, 1.54) is 6.08 Å². The Balaban J connectivity index is 1.98. The molecule has 0 aromatic heterocycles. The maximum Gasteiger partial charge on any atom is 0.246 e. The van der Waals surface area contributed by atoms with Crippen LogP contribution in [0.15, 0.2) is 24.3 Å². The van der Waals surface area contributed by atoms with Crippen molar-refractivity contribution in [3.8, 4) is 0 Å². The van der Waals surface area contributed by atoms with Gasteiger partial charge in [-0.2, -0.15) is 0 Å². The van der Waals surface area contributed by atoms with Crippen LogP contribution in [0.25, 0.3) is 6.08 Å². The zero-order valence-corrected chi connectivity index (χ0v) is 12.1. The fraction of sp³-hybridized carbons (Fsp3) is 0.357. The number of carbonyl (C=O) groups excluding carboxylic acids is 1. The lowest BCUT2D eigenvalue weighted by molar-refractivity contribution is -0.150. The third kappa shape index (κ3) is 3.30. The molecule has 102 valence electrons. The summed E-state index contributed by atoms with van der Waals surface area (Å²) >= 11 is 11.8. The van der Waals surface area contributed by atoms with Crippen molar-refractivity contribution in [1.29, 1.82) is 0 Å². The van der Waals surface area contributed by atoms with Crippen molar-refractivity contribution in [2.45, 2.75) is 18.9 Å². The Morgan fingerprint density at radius 3 is 2.74 bits per heavy atom. The number of rotatable bonds is 3. The minimum atomic E-state index is -0.707. The van der Waals surface area contributed by atoms with Gasteiger partial charge in [-0.15, -0.1) is 0 Å². The number of amides is 1. The van der Waals surface area contributed by atoms with Gasteiger partial charge < -0.3 is 10.0 Å². The minimum absolute atomic E-state index is 0.121. The van der Waals surface area contributed by atoms with Gasteiger partial charge >= 0.3 is 0 Å². The van der Waals surface area contributed by atoms with E-state index < -0.39 is 5.60 Å². The number of aliphatic hydroxyl groups is 1. The molecule has 0 unspecified atom stereocenters. The molecule has 0 saturated carbocycles. The molecular formula is C14H15Cl2NO2. The fourth-order valence-corrected chi connectivity index (χ4v) is 2.42.